The summed E-state index contributed by atoms with van der Waals surface area (Å²) < 4.78 is 6.00. The van der Waals surface area contributed by atoms with Crippen molar-refractivity contribution in [3.05, 3.63) is 28.1 Å². The van der Waals surface area contributed by atoms with E-state index in [4.69, 9.17) is 16.3 Å². The topological polar surface area (TPSA) is 75.6 Å². The van der Waals surface area contributed by atoms with Crippen molar-refractivity contribution >= 4 is 44.9 Å². The standard InChI is InChI=1S/C16H18ClNO4S/c1-8(2)6-11(16(20)21)18-15(19)14-13(17)10-7-9(22-3)4-5-12(10)23-14/h4-5,7-8,11H,6H2,1-3H3,(H,18,19)(H,20,21). The molecule has 1 heterocycles. The second-order valence-electron chi connectivity index (χ2n) is 5.60. The first-order valence-electron chi connectivity index (χ1n) is 7.13. The van der Waals surface area contributed by atoms with Crippen molar-refractivity contribution in [1.29, 1.82) is 0 Å². The zero-order valence-corrected chi connectivity index (χ0v) is 14.6. The van der Waals surface area contributed by atoms with Gasteiger partial charge in [0.1, 0.15) is 16.7 Å². The molecule has 0 spiro atoms. The summed E-state index contributed by atoms with van der Waals surface area (Å²) in [6.07, 6.45) is 0.359. The second-order valence-corrected chi connectivity index (χ2v) is 7.03. The van der Waals surface area contributed by atoms with E-state index < -0.39 is 17.9 Å². The molecule has 0 bridgehead atoms. The van der Waals surface area contributed by atoms with Crippen LogP contribution in [0.25, 0.3) is 10.1 Å². The van der Waals surface area contributed by atoms with E-state index in [0.29, 0.717) is 22.1 Å². The van der Waals surface area contributed by atoms with E-state index in [0.717, 1.165) is 10.1 Å². The summed E-state index contributed by atoms with van der Waals surface area (Å²) in [5, 5.41) is 12.8. The molecule has 0 radical (unpaired) electrons. The highest BCUT2D eigenvalue weighted by Gasteiger charge is 2.24. The molecular weight excluding hydrogens is 338 g/mol. The number of nitrogens with one attached hydrogen (secondary N) is 1. The lowest BCUT2D eigenvalue weighted by Gasteiger charge is -2.16. The van der Waals surface area contributed by atoms with Crippen LogP contribution in [0.5, 0.6) is 5.75 Å². The average Bonchev–Trinajstić information content (AvgIpc) is 2.82. The van der Waals surface area contributed by atoms with Crippen molar-refractivity contribution in [3.63, 3.8) is 0 Å². The number of hydrogen-bond acceptors (Lipinski definition) is 4. The van der Waals surface area contributed by atoms with E-state index in [-0.39, 0.29) is 5.92 Å². The minimum Gasteiger partial charge on any atom is -0.497 e. The zero-order valence-electron chi connectivity index (χ0n) is 13.1. The molecule has 0 saturated heterocycles. The lowest BCUT2D eigenvalue weighted by Crippen LogP contribution is -2.41. The number of hydrogen-bond donors (Lipinski definition) is 2. The van der Waals surface area contributed by atoms with Crippen molar-refractivity contribution in [2.75, 3.05) is 7.11 Å². The number of carbonyl (C=O) groups excluding carboxylic acids is 1. The maximum Gasteiger partial charge on any atom is 0.326 e. The summed E-state index contributed by atoms with van der Waals surface area (Å²) in [5.74, 6) is -0.722. The van der Waals surface area contributed by atoms with Crippen molar-refractivity contribution in [3.8, 4) is 5.75 Å². The molecule has 0 aliphatic heterocycles. The Hall–Kier alpha value is -1.79. The summed E-state index contributed by atoms with van der Waals surface area (Å²) in [6, 6.07) is 4.44. The van der Waals surface area contributed by atoms with Gasteiger partial charge in [-0.25, -0.2) is 4.79 Å². The normalized spacial score (nSPS) is 12.4. The number of fused-ring (bicyclic) bond motifs is 1. The average molecular weight is 356 g/mol. The van der Waals surface area contributed by atoms with Gasteiger partial charge in [-0.3, -0.25) is 4.79 Å². The Morgan fingerprint density at radius 1 is 1.39 bits per heavy atom. The van der Waals surface area contributed by atoms with Gasteiger partial charge in [-0.1, -0.05) is 25.4 Å². The fourth-order valence-electron chi connectivity index (χ4n) is 2.24. The van der Waals surface area contributed by atoms with E-state index in [2.05, 4.69) is 5.32 Å². The Morgan fingerprint density at radius 3 is 2.65 bits per heavy atom. The molecule has 0 fully saturated rings. The maximum absolute atomic E-state index is 12.4. The number of rotatable bonds is 6. The van der Waals surface area contributed by atoms with Crippen molar-refractivity contribution < 1.29 is 19.4 Å². The lowest BCUT2D eigenvalue weighted by molar-refractivity contribution is -0.139. The van der Waals surface area contributed by atoms with Crippen LogP contribution in [0.3, 0.4) is 0 Å². The molecule has 0 saturated carbocycles. The van der Waals surface area contributed by atoms with Gasteiger partial charge in [-0.05, 0) is 30.5 Å². The molecule has 124 valence electrons. The first-order chi connectivity index (χ1) is 10.8. The highest BCUT2D eigenvalue weighted by atomic mass is 35.5. The number of thiophene rings is 1. The molecule has 5 nitrogen and oxygen atoms in total. The first kappa shape index (κ1) is 17.6. The van der Waals surface area contributed by atoms with Crippen LogP contribution in [0.15, 0.2) is 18.2 Å². The number of benzene rings is 1. The molecule has 0 aliphatic carbocycles. The Balaban J connectivity index is 2.30. The van der Waals surface area contributed by atoms with Crippen molar-refractivity contribution in [2.45, 2.75) is 26.3 Å². The molecule has 0 aliphatic rings. The summed E-state index contributed by atoms with van der Waals surface area (Å²) in [7, 11) is 1.55. The van der Waals surface area contributed by atoms with Gasteiger partial charge in [0.05, 0.1) is 12.1 Å². The van der Waals surface area contributed by atoms with E-state index in [1.54, 1.807) is 19.2 Å². The van der Waals surface area contributed by atoms with Crippen LogP contribution in [0.2, 0.25) is 5.02 Å². The molecule has 1 aromatic carbocycles. The summed E-state index contributed by atoms with van der Waals surface area (Å²) in [5.41, 5.74) is 0. The van der Waals surface area contributed by atoms with Crippen LogP contribution >= 0.6 is 22.9 Å². The quantitative estimate of drug-likeness (QED) is 0.826. The minimum absolute atomic E-state index is 0.151. The lowest BCUT2D eigenvalue weighted by atomic mass is 10.0. The maximum atomic E-state index is 12.4. The third kappa shape index (κ3) is 3.95. The summed E-state index contributed by atoms with van der Waals surface area (Å²) in [6.45, 7) is 3.81. The van der Waals surface area contributed by atoms with Crippen LogP contribution < -0.4 is 10.1 Å². The number of aliphatic carboxylic acids is 1. The van der Waals surface area contributed by atoms with E-state index in [1.165, 1.54) is 11.3 Å². The largest absolute Gasteiger partial charge is 0.497 e. The van der Waals surface area contributed by atoms with Gasteiger partial charge in [-0.15, -0.1) is 11.3 Å². The second kappa shape index (κ2) is 7.19. The van der Waals surface area contributed by atoms with Crippen molar-refractivity contribution in [1.82, 2.24) is 5.32 Å². The van der Waals surface area contributed by atoms with Gasteiger partial charge >= 0.3 is 5.97 Å². The summed E-state index contributed by atoms with van der Waals surface area (Å²) >= 11 is 7.53. The molecular formula is C16H18ClNO4S. The van der Waals surface area contributed by atoms with Gasteiger partial charge in [0, 0.05) is 10.1 Å². The Bertz CT molecular complexity index is 741. The monoisotopic (exact) mass is 355 g/mol. The van der Waals surface area contributed by atoms with Crippen LogP contribution in [0.4, 0.5) is 0 Å². The number of carboxylic acid groups (broad SMARTS) is 1. The molecule has 1 unspecified atom stereocenters. The number of ether oxygens (including phenoxy) is 1. The molecule has 23 heavy (non-hydrogen) atoms. The third-order valence-electron chi connectivity index (χ3n) is 3.35. The van der Waals surface area contributed by atoms with Crippen LogP contribution in [0, 0.1) is 5.92 Å². The Morgan fingerprint density at radius 2 is 2.09 bits per heavy atom. The Labute approximate surface area is 143 Å². The van der Waals surface area contributed by atoms with Crippen LogP contribution in [-0.4, -0.2) is 30.1 Å². The number of methoxy groups -OCH3 is 1. The molecule has 1 atom stereocenters. The van der Waals surface area contributed by atoms with Gasteiger partial charge in [0.25, 0.3) is 5.91 Å². The number of carbonyl (C=O) groups is 2. The predicted octanol–water partition coefficient (Wildman–Crippen LogP) is 3.79. The summed E-state index contributed by atoms with van der Waals surface area (Å²) in [4.78, 5) is 24.0. The van der Waals surface area contributed by atoms with E-state index in [9.17, 15) is 14.7 Å². The number of halogens is 1. The van der Waals surface area contributed by atoms with Crippen LogP contribution in [0.1, 0.15) is 29.9 Å². The molecule has 2 aromatic rings. The van der Waals surface area contributed by atoms with E-state index in [1.807, 2.05) is 19.9 Å². The smallest absolute Gasteiger partial charge is 0.326 e. The fourth-order valence-corrected chi connectivity index (χ4v) is 3.63. The Kier molecular flexibility index (Phi) is 5.49. The highest BCUT2D eigenvalue weighted by molar-refractivity contribution is 7.21. The predicted molar refractivity (Wildman–Crippen MR) is 91.7 cm³/mol. The molecule has 1 amide bonds. The van der Waals surface area contributed by atoms with Gasteiger partial charge in [0.2, 0.25) is 0 Å². The first-order valence-corrected chi connectivity index (χ1v) is 8.32. The minimum atomic E-state index is -1.05. The van der Waals surface area contributed by atoms with Crippen LogP contribution in [-0.2, 0) is 4.79 Å². The molecule has 2 rings (SSSR count). The fraction of sp³-hybridized carbons (Fsp3) is 0.375. The highest BCUT2D eigenvalue weighted by Crippen LogP contribution is 2.37. The molecule has 1 aromatic heterocycles. The van der Waals surface area contributed by atoms with Gasteiger partial charge in [0.15, 0.2) is 0 Å². The van der Waals surface area contributed by atoms with Crippen molar-refractivity contribution in [2.24, 2.45) is 5.92 Å². The SMILES string of the molecule is COc1ccc2sc(C(=O)NC(CC(C)C)C(=O)O)c(Cl)c2c1. The molecule has 7 heteroatoms. The third-order valence-corrected chi connectivity index (χ3v) is 5.03. The van der Waals surface area contributed by atoms with E-state index >= 15 is 0 Å². The van der Waals surface area contributed by atoms with Gasteiger partial charge in [-0.2, -0.15) is 0 Å². The zero-order chi connectivity index (χ0) is 17.1. The van der Waals surface area contributed by atoms with Gasteiger partial charge < -0.3 is 15.2 Å². The number of carboxylic acids is 1. The number of amides is 1. The molecule has 2 N–H and O–H groups in total.